The van der Waals surface area contributed by atoms with Gasteiger partial charge in [-0.3, -0.25) is 4.79 Å². The fourth-order valence-corrected chi connectivity index (χ4v) is 2.15. The number of nitrogens with zero attached hydrogens (tertiary/aromatic N) is 1. The van der Waals surface area contributed by atoms with Crippen molar-refractivity contribution in [2.75, 3.05) is 25.5 Å². The lowest BCUT2D eigenvalue weighted by molar-refractivity contribution is -0.131. The van der Waals surface area contributed by atoms with Gasteiger partial charge in [0.15, 0.2) is 0 Å². The van der Waals surface area contributed by atoms with E-state index in [1.165, 1.54) is 5.56 Å². The first kappa shape index (κ1) is 11.9. The Morgan fingerprint density at radius 3 is 3.06 bits per heavy atom. The van der Waals surface area contributed by atoms with E-state index in [0.29, 0.717) is 6.54 Å². The van der Waals surface area contributed by atoms with Gasteiger partial charge in [0.1, 0.15) is 6.04 Å². The maximum atomic E-state index is 12.1. The standard InChI is InChI=1S/C13H18N2O2/c1-15(8-9-16)13(17)12-7-6-10-4-2-3-5-11(10)14-12/h2-5,12,14,16H,6-9H2,1H3. The average molecular weight is 234 g/mol. The van der Waals surface area contributed by atoms with Gasteiger partial charge in [0.05, 0.1) is 6.61 Å². The number of aliphatic hydroxyl groups is 1. The molecule has 1 heterocycles. The van der Waals surface area contributed by atoms with Crippen LogP contribution in [0.1, 0.15) is 12.0 Å². The molecule has 0 bridgehead atoms. The number of aryl methyl sites for hydroxylation is 1. The molecule has 0 saturated heterocycles. The molecule has 17 heavy (non-hydrogen) atoms. The van der Waals surface area contributed by atoms with Crippen molar-refractivity contribution in [3.05, 3.63) is 29.8 Å². The second kappa shape index (κ2) is 5.19. The van der Waals surface area contributed by atoms with E-state index in [1.54, 1.807) is 11.9 Å². The lowest BCUT2D eigenvalue weighted by atomic mass is 9.97. The van der Waals surface area contributed by atoms with Crippen LogP contribution in [0.4, 0.5) is 5.69 Å². The SMILES string of the molecule is CN(CCO)C(=O)C1CCc2ccccc2N1. The van der Waals surface area contributed by atoms with Gasteiger partial charge in [-0.1, -0.05) is 18.2 Å². The van der Waals surface area contributed by atoms with E-state index in [1.807, 2.05) is 18.2 Å². The number of amides is 1. The Bertz CT molecular complexity index is 406. The summed E-state index contributed by atoms with van der Waals surface area (Å²) < 4.78 is 0. The molecule has 1 aromatic carbocycles. The van der Waals surface area contributed by atoms with Gasteiger partial charge in [-0.05, 0) is 24.5 Å². The monoisotopic (exact) mass is 234 g/mol. The molecule has 0 aromatic heterocycles. The first-order valence-electron chi connectivity index (χ1n) is 5.92. The summed E-state index contributed by atoms with van der Waals surface area (Å²) in [5.41, 5.74) is 2.32. The molecule has 1 unspecified atom stereocenters. The third-order valence-electron chi connectivity index (χ3n) is 3.16. The van der Waals surface area contributed by atoms with Crippen LogP contribution in [0.2, 0.25) is 0 Å². The Balaban J connectivity index is 2.05. The highest BCUT2D eigenvalue weighted by atomic mass is 16.3. The highest BCUT2D eigenvalue weighted by Gasteiger charge is 2.25. The minimum Gasteiger partial charge on any atom is -0.395 e. The molecule has 0 fully saturated rings. The van der Waals surface area contributed by atoms with Gasteiger partial charge >= 0.3 is 0 Å². The molecule has 0 spiro atoms. The van der Waals surface area contributed by atoms with Crippen LogP contribution in [0, 0.1) is 0 Å². The molecule has 0 saturated carbocycles. The van der Waals surface area contributed by atoms with Gasteiger partial charge in [0, 0.05) is 19.3 Å². The predicted octanol–water partition coefficient (Wildman–Crippen LogP) is 0.864. The van der Waals surface area contributed by atoms with E-state index in [9.17, 15) is 4.79 Å². The van der Waals surface area contributed by atoms with Crippen molar-refractivity contribution in [3.8, 4) is 0 Å². The van der Waals surface area contributed by atoms with Gasteiger partial charge in [0.25, 0.3) is 0 Å². The number of anilines is 1. The maximum absolute atomic E-state index is 12.1. The molecule has 2 rings (SSSR count). The molecular formula is C13H18N2O2. The van der Waals surface area contributed by atoms with Gasteiger partial charge in [-0.25, -0.2) is 0 Å². The molecule has 1 aromatic rings. The Hall–Kier alpha value is -1.55. The number of fused-ring (bicyclic) bond motifs is 1. The molecule has 2 N–H and O–H groups in total. The van der Waals surface area contributed by atoms with E-state index in [4.69, 9.17) is 5.11 Å². The van der Waals surface area contributed by atoms with E-state index in [2.05, 4.69) is 11.4 Å². The highest BCUT2D eigenvalue weighted by molar-refractivity contribution is 5.85. The van der Waals surface area contributed by atoms with Crippen LogP contribution >= 0.6 is 0 Å². The second-order valence-electron chi connectivity index (χ2n) is 4.38. The molecule has 1 aliphatic heterocycles. The van der Waals surface area contributed by atoms with Gasteiger partial charge in [-0.2, -0.15) is 0 Å². The number of hydrogen-bond donors (Lipinski definition) is 2. The van der Waals surface area contributed by atoms with Crippen LogP contribution in [-0.4, -0.2) is 42.2 Å². The van der Waals surface area contributed by atoms with Crippen LogP contribution < -0.4 is 5.32 Å². The highest BCUT2D eigenvalue weighted by Crippen LogP contribution is 2.24. The number of carbonyl (C=O) groups is 1. The Morgan fingerprint density at radius 1 is 1.53 bits per heavy atom. The molecular weight excluding hydrogens is 216 g/mol. The van der Waals surface area contributed by atoms with Crippen molar-refractivity contribution >= 4 is 11.6 Å². The lowest BCUT2D eigenvalue weighted by Crippen LogP contribution is -2.43. The van der Waals surface area contributed by atoms with Crippen LogP contribution in [0.25, 0.3) is 0 Å². The summed E-state index contributed by atoms with van der Waals surface area (Å²) in [5.74, 6) is 0.0496. The fraction of sp³-hybridized carbons (Fsp3) is 0.462. The smallest absolute Gasteiger partial charge is 0.244 e. The number of hydrogen-bond acceptors (Lipinski definition) is 3. The van der Waals surface area contributed by atoms with Crippen LogP contribution in [0.3, 0.4) is 0 Å². The second-order valence-corrected chi connectivity index (χ2v) is 4.38. The summed E-state index contributed by atoms with van der Waals surface area (Å²) in [4.78, 5) is 13.6. The summed E-state index contributed by atoms with van der Waals surface area (Å²) in [7, 11) is 1.72. The number of aliphatic hydroxyl groups excluding tert-OH is 1. The van der Waals surface area contributed by atoms with Crippen LogP contribution in [0.5, 0.6) is 0 Å². The van der Waals surface area contributed by atoms with Crippen molar-refractivity contribution in [1.29, 1.82) is 0 Å². The summed E-state index contributed by atoms with van der Waals surface area (Å²) in [6, 6.07) is 7.90. The molecule has 4 nitrogen and oxygen atoms in total. The molecule has 92 valence electrons. The van der Waals surface area contributed by atoms with Crippen molar-refractivity contribution < 1.29 is 9.90 Å². The summed E-state index contributed by atoms with van der Waals surface area (Å²) in [5, 5.41) is 12.1. The fourth-order valence-electron chi connectivity index (χ4n) is 2.15. The molecule has 1 amide bonds. The molecule has 1 atom stereocenters. The lowest BCUT2D eigenvalue weighted by Gasteiger charge is -2.29. The Morgan fingerprint density at radius 2 is 2.29 bits per heavy atom. The Labute approximate surface area is 101 Å². The average Bonchev–Trinajstić information content (AvgIpc) is 2.37. The van der Waals surface area contributed by atoms with Crippen molar-refractivity contribution in [3.63, 3.8) is 0 Å². The summed E-state index contributed by atoms with van der Waals surface area (Å²) >= 11 is 0. The molecule has 1 aliphatic rings. The Kier molecular flexibility index (Phi) is 3.64. The number of benzene rings is 1. The van der Waals surface area contributed by atoms with Gasteiger partial charge in [0.2, 0.25) is 5.91 Å². The third kappa shape index (κ3) is 2.58. The first-order chi connectivity index (χ1) is 8.22. The van der Waals surface area contributed by atoms with E-state index < -0.39 is 0 Å². The van der Waals surface area contributed by atoms with Gasteiger partial charge < -0.3 is 15.3 Å². The number of likely N-dealkylation sites (N-methyl/N-ethyl adjacent to an activating group) is 1. The molecule has 4 heteroatoms. The number of para-hydroxylation sites is 1. The minimum absolute atomic E-state index is 0.00550. The minimum atomic E-state index is -0.165. The summed E-state index contributed by atoms with van der Waals surface area (Å²) in [6.45, 7) is 0.393. The van der Waals surface area contributed by atoms with Gasteiger partial charge in [-0.15, -0.1) is 0 Å². The van der Waals surface area contributed by atoms with Crippen LogP contribution in [-0.2, 0) is 11.2 Å². The third-order valence-corrected chi connectivity index (χ3v) is 3.16. The number of rotatable bonds is 3. The van der Waals surface area contributed by atoms with Crippen molar-refractivity contribution in [2.45, 2.75) is 18.9 Å². The van der Waals surface area contributed by atoms with Crippen LogP contribution in [0.15, 0.2) is 24.3 Å². The summed E-state index contributed by atoms with van der Waals surface area (Å²) in [6.07, 6.45) is 1.73. The topological polar surface area (TPSA) is 52.6 Å². The zero-order valence-corrected chi connectivity index (χ0v) is 10.0. The first-order valence-corrected chi connectivity index (χ1v) is 5.92. The maximum Gasteiger partial charge on any atom is 0.244 e. The largest absolute Gasteiger partial charge is 0.395 e. The number of carbonyl (C=O) groups excluding carboxylic acids is 1. The normalized spacial score (nSPS) is 18.1. The molecule has 0 aliphatic carbocycles. The zero-order valence-electron chi connectivity index (χ0n) is 10.0. The predicted molar refractivity (Wildman–Crippen MR) is 66.9 cm³/mol. The quantitative estimate of drug-likeness (QED) is 0.815. The van der Waals surface area contributed by atoms with Crippen molar-refractivity contribution in [2.24, 2.45) is 0 Å². The van der Waals surface area contributed by atoms with E-state index >= 15 is 0 Å². The zero-order chi connectivity index (χ0) is 12.3. The number of nitrogens with one attached hydrogen (secondary N) is 1. The van der Waals surface area contributed by atoms with Crippen molar-refractivity contribution in [1.82, 2.24) is 4.90 Å². The van der Waals surface area contributed by atoms with E-state index in [0.717, 1.165) is 18.5 Å². The molecule has 0 radical (unpaired) electrons. The van der Waals surface area contributed by atoms with E-state index in [-0.39, 0.29) is 18.6 Å².